The number of hydroxylamine groups is 3. The zero-order chi connectivity index (χ0) is 14.3. The van der Waals surface area contributed by atoms with Crippen molar-refractivity contribution >= 4 is 6.41 Å². The van der Waals surface area contributed by atoms with Crippen molar-refractivity contribution in [2.75, 3.05) is 26.2 Å². The number of hydrogen-bond acceptors (Lipinski definition) is 3. The minimum atomic E-state index is 0.146. The van der Waals surface area contributed by atoms with Crippen LogP contribution < -0.4 is 10.1 Å². The molecule has 20 heavy (non-hydrogen) atoms. The smallest absolute Gasteiger partial charge is 0.207 e. The lowest BCUT2D eigenvalue weighted by atomic mass is 10.2. The van der Waals surface area contributed by atoms with Gasteiger partial charge >= 0.3 is 0 Å². The SMILES string of the molecule is O=CNCCCOc1cccc(C[N+]2(O)CCCC2)c1. The lowest BCUT2D eigenvalue weighted by Crippen LogP contribution is -2.40. The highest BCUT2D eigenvalue weighted by molar-refractivity contribution is 5.45. The minimum Gasteiger partial charge on any atom is -0.494 e. The molecule has 0 radical (unpaired) electrons. The first-order valence-corrected chi connectivity index (χ1v) is 7.19. The maximum atomic E-state index is 10.4. The number of nitrogens with zero attached hydrogens (tertiary/aromatic N) is 1. The fourth-order valence-corrected chi connectivity index (χ4v) is 2.58. The third-order valence-corrected chi connectivity index (χ3v) is 3.59. The topological polar surface area (TPSA) is 58.6 Å². The van der Waals surface area contributed by atoms with E-state index in [9.17, 15) is 10.0 Å². The fraction of sp³-hybridized carbons (Fsp3) is 0.533. The number of nitrogens with one attached hydrogen (secondary N) is 1. The molecule has 5 nitrogen and oxygen atoms in total. The molecule has 5 heteroatoms. The number of quaternary nitrogens is 1. The van der Waals surface area contributed by atoms with E-state index in [4.69, 9.17) is 4.74 Å². The first-order chi connectivity index (χ1) is 9.72. The van der Waals surface area contributed by atoms with Crippen LogP contribution >= 0.6 is 0 Å². The minimum absolute atomic E-state index is 0.146. The Kier molecular flexibility index (Phi) is 5.38. The molecule has 0 unspecified atom stereocenters. The Morgan fingerprint density at radius 1 is 1.35 bits per heavy atom. The van der Waals surface area contributed by atoms with Crippen LogP contribution in [0.3, 0.4) is 0 Å². The maximum absolute atomic E-state index is 10.4. The summed E-state index contributed by atoms with van der Waals surface area (Å²) < 4.78 is 5.79. The fourth-order valence-electron chi connectivity index (χ4n) is 2.58. The molecule has 1 fully saturated rings. The summed E-state index contributed by atoms with van der Waals surface area (Å²) >= 11 is 0. The molecule has 0 spiro atoms. The van der Waals surface area contributed by atoms with Crippen LogP contribution in [0.5, 0.6) is 5.75 Å². The van der Waals surface area contributed by atoms with Crippen LogP contribution in [0.15, 0.2) is 24.3 Å². The number of benzene rings is 1. The molecule has 1 aromatic rings. The van der Waals surface area contributed by atoms with Gasteiger partial charge in [-0.3, -0.25) is 4.79 Å². The molecule has 0 saturated carbocycles. The molecule has 0 aliphatic carbocycles. The van der Waals surface area contributed by atoms with Gasteiger partial charge in [-0.05, 0) is 18.6 Å². The Hall–Kier alpha value is -1.59. The summed E-state index contributed by atoms with van der Waals surface area (Å²) in [5, 5.41) is 13.0. The first kappa shape index (κ1) is 14.8. The van der Waals surface area contributed by atoms with Crippen LogP contribution in [-0.4, -0.2) is 42.5 Å². The van der Waals surface area contributed by atoms with Gasteiger partial charge in [-0.1, -0.05) is 12.1 Å². The second-order valence-electron chi connectivity index (χ2n) is 5.33. The largest absolute Gasteiger partial charge is 0.494 e. The number of carbonyl (C=O) groups is 1. The number of rotatable bonds is 8. The van der Waals surface area contributed by atoms with E-state index in [1.165, 1.54) is 0 Å². The average molecular weight is 279 g/mol. The van der Waals surface area contributed by atoms with Crippen molar-refractivity contribution in [2.45, 2.75) is 25.8 Å². The van der Waals surface area contributed by atoms with Crippen molar-refractivity contribution in [3.05, 3.63) is 29.8 Å². The van der Waals surface area contributed by atoms with Gasteiger partial charge in [0.25, 0.3) is 0 Å². The highest BCUT2D eigenvalue weighted by Gasteiger charge is 2.30. The van der Waals surface area contributed by atoms with Gasteiger partial charge in [0.05, 0.1) is 6.61 Å². The Morgan fingerprint density at radius 2 is 2.15 bits per heavy atom. The number of likely N-dealkylation sites (tertiary alicyclic amines) is 1. The Bertz CT molecular complexity index is 431. The molecule has 1 aliphatic rings. The molecule has 110 valence electrons. The van der Waals surface area contributed by atoms with Gasteiger partial charge in [-0.15, -0.1) is 0 Å². The standard InChI is InChI=1S/C15H22N2O3/c18-13-16-7-4-10-20-15-6-3-5-14(11-15)12-17(19)8-1-2-9-17/h3,5-6,11,13,19H,1-2,4,7-10,12H2/p+1. The van der Waals surface area contributed by atoms with Crippen LogP contribution in [-0.2, 0) is 11.3 Å². The predicted molar refractivity (Wildman–Crippen MR) is 75.3 cm³/mol. The molecule has 0 aromatic heterocycles. The number of amides is 1. The number of carbonyl (C=O) groups excluding carboxylic acids is 1. The van der Waals surface area contributed by atoms with Gasteiger partial charge in [0, 0.05) is 24.9 Å². The van der Waals surface area contributed by atoms with Crippen LogP contribution in [0.2, 0.25) is 0 Å². The van der Waals surface area contributed by atoms with Gasteiger partial charge in [0.1, 0.15) is 25.4 Å². The molecule has 1 aliphatic heterocycles. The molecule has 2 rings (SSSR count). The zero-order valence-corrected chi connectivity index (χ0v) is 11.8. The van der Waals surface area contributed by atoms with Crippen LogP contribution in [0.1, 0.15) is 24.8 Å². The van der Waals surface area contributed by atoms with Gasteiger partial charge in [-0.2, -0.15) is 4.65 Å². The van der Waals surface area contributed by atoms with E-state index >= 15 is 0 Å². The molecule has 0 atom stereocenters. The zero-order valence-electron chi connectivity index (χ0n) is 11.8. The monoisotopic (exact) mass is 279 g/mol. The Balaban J connectivity index is 1.82. The summed E-state index contributed by atoms with van der Waals surface area (Å²) in [7, 11) is 0. The highest BCUT2D eigenvalue weighted by atomic mass is 16.5. The Labute approximate surface area is 119 Å². The predicted octanol–water partition coefficient (Wildman–Crippen LogP) is 1.70. The summed E-state index contributed by atoms with van der Waals surface area (Å²) in [5.41, 5.74) is 1.10. The van der Waals surface area contributed by atoms with E-state index in [2.05, 4.69) is 5.32 Å². The normalized spacial score (nSPS) is 16.9. The van der Waals surface area contributed by atoms with Crippen LogP contribution in [0.4, 0.5) is 0 Å². The maximum Gasteiger partial charge on any atom is 0.207 e. The van der Waals surface area contributed by atoms with Crippen LogP contribution in [0, 0.1) is 0 Å². The molecular formula is C15H23N2O3+. The molecule has 2 N–H and O–H groups in total. The summed E-state index contributed by atoms with van der Waals surface area (Å²) in [6.45, 7) is 3.51. The van der Waals surface area contributed by atoms with Crippen molar-refractivity contribution in [3.63, 3.8) is 0 Å². The lowest BCUT2D eigenvalue weighted by Gasteiger charge is -2.24. The van der Waals surface area contributed by atoms with Gasteiger partial charge < -0.3 is 10.1 Å². The number of hydrogen-bond donors (Lipinski definition) is 2. The van der Waals surface area contributed by atoms with Gasteiger partial charge in [0.15, 0.2) is 0 Å². The molecule has 1 heterocycles. The van der Waals surface area contributed by atoms with E-state index in [-0.39, 0.29) is 4.65 Å². The third-order valence-electron chi connectivity index (χ3n) is 3.59. The lowest BCUT2D eigenvalue weighted by molar-refractivity contribution is -1.10. The summed E-state index contributed by atoms with van der Waals surface area (Å²) in [5.74, 6) is 0.819. The third kappa shape index (κ3) is 4.51. The van der Waals surface area contributed by atoms with E-state index in [0.717, 1.165) is 43.7 Å². The molecular weight excluding hydrogens is 256 g/mol. The summed E-state index contributed by atoms with van der Waals surface area (Å²) in [4.78, 5) is 10.1. The molecule has 1 aromatic carbocycles. The van der Waals surface area contributed by atoms with Gasteiger partial charge in [-0.25, -0.2) is 5.21 Å². The van der Waals surface area contributed by atoms with Gasteiger partial charge in [0.2, 0.25) is 6.41 Å². The Morgan fingerprint density at radius 3 is 2.90 bits per heavy atom. The van der Waals surface area contributed by atoms with Crippen molar-refractivity contribution in [1.29, 1.82) is 0 Å². The second kappa shape index (κ2) is 7.26. The second-order valence-corrected chi connectivity index (χ2v) is 5.33. The van der Waals surface area contributed by atoms with Crippen molar-refractivity contribution in [3.8, 4) is 5.75 Å². The van der Waals surface area contributed by atoms with E-state index < -0.39 is 0 Å². The molecule has 1 saturated heterocycles. The summed E-state index contributed by atoms with van der Waals surface area (Å²) in [6.07, 6.45) is 3.66. The van der Waals surface area contributed by atoms with E-state index in [1.54, 1.807) is 0 Å². The molecule has 1 amide bonds. The van der Waals surface area contributed by atoms with Crippen LogP contribution in [0.25, 0.3) is 0 Å². The van der Waals surface area contributed by atoms with E-state index in [0.29, 0.717) is 26.1 Å². The highest BCUT2D eigenvalue weighted by Crippen LogP contribution is 2.22. The average Bonchev–Trinajstić information content (AvgIpc) is 2.85. The number of ether oxygens (including phenoxy) is 1. The van der Waals surface area contributed by atoms with Crippen molar-refractivity contribution in [2.24, 2.45) is 0 Å². The molecule has 0 bridgehead atoms. The summed E-state index contributed by atoms with van der Waals surface area (Å²) in [6, 6.07) is 7.88. The van der Waals surface area contributed by atoms with Crippen molar-refractivity contribution < 1.29 is 19.4 Å². The quantitative estimate of drug-likeness (QED) is 0.432. The van der Waals surface area contributed by atoms with E-state index in [1.807, 2.05) is 24.3 Å². The van der Waals surface area contributed by atoms with Crippen molar-refractivity contribution in [1.82, 2.24) is 5.32 Å². The first-order valence-electron chi connectivity index (χ1n) is 7.19.